The zero-order valence-electron chi connectivity index (χ0n) is 29.0. The Morgan fingerprint density at radius 2 is 1.75 bits per heavy atom. The first-order valence-corrected chi connectivity index (χ1v) is 17.4. The van der Waals surface area contributed by atoms with Crippen LogP contribution in [0.5, 0.6) is 0 Å². The van der Waals surface area contributed by atoms with E-state index in [0.717, 1.165) is 44.8 Å². The molecule has 0 radical (unpaired) electrons. The summed E-state index contributed by atoms with van der Waals surface area (Å²) < 4.78 is 9.43. The average Bonchev–Trinajstić information content (AvgIpc) is 3.93. The molecule has 13 nitrogen and oxygen atoms in total. The predicted molar refractivity (Wildman–Crippen MR) is 201 cm³/mol. The molecule has 0 aliphatic carbocycles. The highest BCUT2D eigenvalue weighted by molar-refractivity contribution is 6.08. The number of benzene rings is 4. The van der Waals surface area contributed by atoms with Gasteiger partial charge in [0.25, 0.3) is 11.8 Å². The molecular weight excluding hydrogens is 669 g/mol. The van der Waals surface area contributed by atoms with Crippen molar-refractivity contribution in [3.8, 4) is 22.6 Å². The van der Waals surface area contributed by atoms with Crippen molar-refractivity contribution in [2.45, 2.75) is 26.5 Å². The van der Waals surface area contributed by atoms with Gasteiger partial charge in [0.2, 0.25) is 0 Å². The van der Waals surface area contributed by atoms with E-state index in [-0.39, 0.29) is 17.9 Å². The number of imidazole rings is 1. The summed E-state index contributed by atoms with van der Waals surface area (Å²) in [7, 11) is 0. The van der Waals surface area contributed by atoms with E-state index in [2.05, 4.69) is 61.0 Å². The number of carbonyl (C=O) groups excluding carboxylic acids is 2. The van der Waals surface area contributed by atoms with Crippen molar-refractivity contribution >= 4 is 45.0 Å². The Labute approximate surface area is 303 Å². The van der Waals surface area contributed by atoms with Gasteiger partial charge in [-0.15, -0.1) is 5.10 Å². The maximum atomic E-state index is 13.7. The molecule has 9 rings (SSSR count). The van der Waals surface area contributed by atoms with E-state index in [1.54, 1.807) is 9.20 Å². The molecule has 0 spiro atoms. The molecule has 4 aromatic carbocycles. The minimum Gasteiger partial charge on any atom is -0.373 e. The second kappa shape index (κ2) is 13.1. The molecule has 5 heterocycles. The zero-order chi connectivity index (χ0) is 36.1. The van der Waals surface area contributed by atoms with Gasteiger partial charge in [0, 0.05) is 46.9 Å². The van der Waals surface area contributed by atoms with E-state index in [4.69, 9.17) is 9.72 Å². The van der Waals surface area contributed by atoms with Crippen molar-refractivity contribution in [2.24, 2.45) is 0 Å². The molecule has 1 unspecified atom stereocenters. The highest BCUT2D eigenvalue weighted by Crippen LogP contribution is 2.26. The van der Waals surface area contributed by atoms with Crippen LogP contribution in [-0.4, -0.2) is 82.1 Å². The quantitative estimate of drug-likeness (QED) is 0.203. The molecule has 1 aliphatic rings. The molecule has 0 saturated carbocycles. The van der Waals surface area contributed by atoms with E-state index in [9.17, 15) is 9.59 Å². The number of ether oxygens (including phenoxy) is 1. The van der Waals surface area contributed by atoms with E-state index >= 15 is 0 Å². The first-order chi connectivity index (χ1) is 25.8. The lowest BCUT2D eigenvalue weighted by Crippen LogP contribution is -2.47. The lowest BCUT2D eigenvalue weighted by Gasteiger charge is -2.32. The van der Waals surface area contributed by atoms with Gasteiger partial charge in [-0.2, -0.15) is 5.10 Å². The maximum absolute atomic E-state index is 13.7. The van der Waals surface area contributed by atoms with Crippen LogP contribution in [0.1, 0.15) is 32.1 Å². The number of nitrogens with one attached hydrogen (secondary N) is 2. The van der Waals surface area contributed by atoms with Gasteiger partial charge in [-0.05, 0) is 67.1 Å². The van der Waals surface area contributed by atoms with Gasteiger partial charge in [0.1, 0.15) is 17.1 Å². The SMILES string of the molecule is Cc1cc(C)n2ncc(C(=O)Nc3ccc(-c4cn(CC5CN(C(=O)c6ccc7nc(-c8ccc9ccccc9c8)[nH]c7c6)CCO5)nn4)cc3)c2n1. The molecule has 13 heteroatoms. The lowest BCUT2D eigenvalue weighted by atomic mass is 10.1. The van der Waals surface area contributed by atoms with Crippen LogP contribution < -0.4 is 5.32 Å². The normalized spacial score (nSPS) is 14.7. The number of hydrogen-bond donors (Lipinski definition) is 2. The summed E-state index contributed by atoms with van der Waals surface area (Å²) in [5.41, 5.74) is 7.99. The number of aromatic amines is 1. The van der Waals surface area contributed by atoms with Gasteiger partial charge in [-0.1, -0.05) is 53.7 Å². The van der Waals surface area contributed by atoms with Crippen LogP contribution in [0.15, 0.2) is 103 Å². The summed E-state index contributed by atoms with van der Waals surface area (Å²) in [5, 5.41) is 18.3. The molecule has 1 fully saturated rings. The number of carbonyl (C=O) groups is 2. The molecule has 1 saturated heterocycles. The minimum atomic E-state index is -0.288. The Morgan fingerprint density at radius 1 is 0.925 bits per heavy atom. The Bertz CT molecular complexity index is 2680. The topological polar surface area (TPSA) is 148 Å². The van der Waals surface area contributed by atoms with Gasteiger partial charge in [-0.25, -0.2) is 19.2 Å². The van der Waals surface area contributed by atoms with E-state index in [1.807, 2.05) is 85.6 Å². The summed E-state index contributed by atoms with van der Waals surface area (Å²) in [5.74, 6) is 0.417. The number of aromatic nitrogens is 8. The molecular formula is C40H34N10O3. The minimum absolute atomic E-state index is 0.0587. The first kappa shape index (κ1) is 32.2. The monoisotopic (exact) mass is 702 g/mol. The number of rotatable bonds is 7. The number of aryl methyl sites for hydroxylation is 2. The van der Waals surface area contributed by atoms with Crippen LogP contribution in [-0.2, 0) is 11.3 Å². The van der Waals surface area contributed by atoms with Crippen LogP contribution in [0.2, 0.25) is 0 Å². The number of amides is 2. The van der Waals surface area contributed by atoms with Crippen LogP contribution in [0.25, 0.3) is 50.1 Å². The third-order valence-corrected chi connectivity index (χ3v) is 9.57. The summed E-state index contributed by atoms with van der Waals surface area (Å²) >= 11 is 0. The van der Waals surface area contributed by atoms with Crippen molar-refractivity contribution in [1.29, 1.82) is 0 Å². The molecule has 2 N–H and O–H groups in total. The molecule has 8 aromatic rings. The van der Waals surface area contributed by atoms with E-state index in [0.29, 0.717) is 54.4 Å². The number of hydrogen-bond acceptors (Lipinski definition) is 8. The second-order valence-electron chi connectivity index (χ2n) is 13.3. The highest BCUT2D eigenvalue weighted by atomic mass is 16.5. The number of morpholine rings is 1. The standard InChI is InChI=1S/C40H34N10O3/c1-24-17-25(2)50-38(42-24)33(20-41-50)39(51)43-31-12-9-27(10-13-31)36-23-49(47-46-36)22-32-21-48(15-16-53-32)40(52)30-11-14-34-35(19-30)45-37(44-34)29-8-7-26-5-3-4-6-28(26)18-29/h3-14,17-20,23,32H,15-16,21-22H2,1-2H3,(H,43,51)(H,44,45). The molecule has 4 aromatic heterocycles. The Hall–Kier alpha value is -6.73. The van der Waals surface area contributed by atoms with Crippen molar-refractivity contribution in [1.82, 2.24) is 44.5 Å². The molecule has 1 aliphatic heterocycles. The van der Waals surface area contributed by atoms with Crippen molar-refractivity contribution < 1.29 is 14.3 Å². The third-order valence-electron chi connectivity index (χ3n) is 9.57. The Balaban J connectivity index is 0.836. The molecule has 53 heavy (non-hydrogen) atoms. The van der Waals surface area contributed by atoms with Crippen LogP contribution >= 0.6 is 0 Å². The number of H-pyrrole nitrogens is 1. The summed E-state index contributed by atoms with van der Waals surface area (Å²) in [6, 6.07) is 29.4. The average molecular weight is 703 g/mol. The van der Waals surface area contributed by atoms with Gasteiger partial charge < -0.3 is 19.9 Å². The van der Waals surface area contributed by atoms with Crippen LogP contribution in [0, 0.1) is 13.8 Å². The highest BCUT2D eigenvalue weighted by Gasteiger charge is 2.26. The molecule has 0 bridgehead atoms. The smallest absolute Gasteiger partial charge is 0.261 e. The maximum Gasteiger partial charge on any atom is 0.261 e. The fourth-order valence-corrected chi connectivity index (χ4v) is 6.89. The van der Waals surface area contributed by atoms with Crippen molar-refractivity contribution in [2.75, 3.05) is 25.0 Å². The molecule has 262 valence electrons. The van der Waals surface area contributed by atoms with Crippen LogP contribution in [0.4, 0.5) is 5.69 Å². The summed E-state index contributed by atoms with van der Waals surface area (Å²) in [4.78, 5) is 41.3. The van der Waals surface area contributed by atoms with Crippen molar-refractivity contribution in [3.63, 3.8) is 0 Å². The molecule has 1 atom stereocenters. The molecule has 2 amide bonds. The largest absolute Gasteiger partial charge is 0.373 e. The predicted octanol–water partition coefficient (Wildman–Crippen LogP) is 6.09. The zero-order valence-corrected chi connectivity index (χ0v) is 29.0. The van der Waals surface area contributed by atoms with Gasteiger partial charge in [-0.3, -0.25) is 9.59 Å². The number of anilines is 1. The van der Waals surface area contributed by atoms with Gasteiger partial charge in [0.15, 0.2) is 5.65 Å². The van der Waals surface area contributed by atoms with Crippen LogP contribution in [0.3, 0.4) is 0 Å². The number of fused-ring (bicyclic) bond motifs is 3. The fraction of sp³-hybridized carbons (Fsp3) is 0.175. The van der Waals surface area contributed by atoms with Gasteiger partial charge >= 0.3 is 0 Å². The Kier molecular flexibility index (Phi) is 7.96. The van der Waals surface area contributed by atoms with Crippen molar-refractivity contribution in [3.05, 3.63) is 126 Å². The third kappa shape index (κ3) is 6.27. The fourth-order valence-electron chi connectivity index (χ4n) is 6.89. The number of nitrogens with zero attached hydrogens (tertiary/aromatic N) is 8. The first-order valence-electron chi connectivity index (χ1n) is 17.4. The summed E-state index contributed by atoms with van der Waals surface area (Å²) in [6.45, 7) is 5.60. The van der Waals surface area contributed by atoms with E-state index < -0.39 is 0 Å². The lowest BCUT2D eigenvalue weighted by molar-refractivity contribution is -0.0301. The second-order valence-corrected chi connectivity index (χ2v) is 13.3. The summed E-state index contributed by atoms with van der Waals surface area (Å²) in [6.07, 6.45) is 3.13. The Morgan fingerprint density at radius 3 is 2.62 bits per heavy atom. The van der Waals surface area contributed by atoms with E-state index in [1.165, 1.54) is 11.6 Å². The van der Waals surface area contributed by atoms with Gasteiger partial charge in [0.05, 0.1) is 42.7 Å².